The van der Waals surface area contributed by atoms with Crippen LogP contribution >= 0.6 is 11.8 Å². The van der Waals surface area contributed by atoms with Gasteiger partial charge in [0.25, 0.3) is 0 Å². The standard InChI is InChI=1S/C23H22F3N5OS/c24-23(25,26)17-12-20(27)28-14-16(17)18-13-19(30-21(29-18)31-8-10-32-11-9-31)22(6-7-22)33-15-4-2-1-3-5-15/h1-5,12-14H,6-11H2,(H2,27,28). The molecule has 3 heterocycles. The maximum atomic E-state index is 13.8. The van der Waals surface area contributed by atoms with Crippen molar-refractivity contribution in [1.82, 2.24) is 15.0 Å². The lowest BCUT2D eigenvalue weighted by atomic mass is 10.0. The predicted molar refractivity (Wildman–Crippen MR) is 121 cm³/mol. The van der Waals surface area contributed by atoms with Crippen LogP contribution in [0.15, 0.2) is 53.6 Å². The average molecular weight is 474 g/mol. The van der Waals surface area contributed by atoms with Crippen LogP contribution in [0.4, 0.5) is 24.9 Å². The van der Waals surface area contributed by atoms with E-state index in [2.05, 4.69) is 9.97 Å². The van der Waals surface area contributed by atoms with E-state index in [1.807, 2.05) is 35.2 Å². The molecular weight excluding hydrogens is 451 g/mol. The predicted octanol–water partition coefficient (Wildman–Crippen LogP) is 4.76. The van der Waals surface area contributed by atoms with Crippen LogP contribution in [0.25, 0.3) is 11.3 Å². The maximum Gasteiger partial charge on any atom is 0.417 e. The monoisotopic (exact) mass is 473 g/mol. The van der Waals surface area contributed by atoms with E-state index in [4.69, 9.17) is 15.5 Å². The number of alkyl halides is 3. The van der Waals surface area contributed by atoms with Crippen molar-refractivity contribution in [3.8, 4) is 11.3 Å². The second kappa shape index (κ2) is 8.49. The smallest absolute Gasteiger partial charge is 0.384 e. The van der Waals surface area contributed by atoms with Crippen molar-refractivity contribution in [3.05, 3.63) is 59.9 Å². The Hall–Kier alpha value is -2.85. The summed E-state index contributed by atoms with van der Waals surface area (Å²) < 4.78 is 46.7. The van der Waals surface area contributed by atoms with Gasteiger partial charge in [-0.15, -0.1) is 11.8 Å². The highest BCUT2D eigenvalue weighted by Gasteiger charge is 2.48. The van der Waals surface area contributed by atoms with Crippen molar-refractivity contribution in [2.75, 3.05) is 36.9 Å². The molecule has 0 atom stereocenters. The zero-order chi connectivity index (χ0) is 23.1. The molecule has 2 fully saturated rings. The number of halogens is 3. The van der Waals surface area contributed by atoms with E-state index in [9.17, 15) is 13.2 Å². The largest absolute Gasteiger partial charge is 0.417 e. The van der Waals surface area contributed by atoms with Crippen molar-refractivity contribution in [3.63, 3.8) is 0 Å². The molecular formula is C23H22F3N5OS. The fourth-order valence-electron chi connectivity index (χ4n) is 3.86. The van der Waals surface area contributed by atoms with Gasteiger partial charge in [0.15, 0.2) is 0 Å². The highest BCUT2D eigenvalue weighted by atomic mass is 32.2. The first-order valence-electron chi connectivity index (χ1n) is 10.6. The van der Waals surface area contributed by atoms with Gasteiger partial charge in [-0.1, -0.05) is 18.2 Å². The molecule has 1 aromatic carbocycles. The normalized spacial score (nSPS) is 17.7. The number of nitrogen functional groups attached to an aromatic ring is 1. The zero-order valence-electron chi connectivity index (χ0n) is 17.7. The molecule has 33 heavy (non-hydrogen) atoms. The van der Waals surface area contributed by atoms with Crippen LogP contribution in [-0.2, 0) is 15.7 Å². The quantitative estimate of drug-likeness (QED) is 0.573. The topological polar surface area (TPSA) is 77.2 Å². The lowest BCUT2D eigenvalue weighted by Crippen LogP contribution is -2.37. The number of nitrogens with zero attached hydrogens (tertiary/aromatic N) is 4. The van der Waals surface area contributed by atoms with E-state index in [-0.39, 0.29) is 21.8 Å². The minimum atomic E-state index is -4.59. The first-order valence-corrected chi connectivity index (χ1v) is 11.5. The third kappa shape index (κ3) is 4.63. The minimum absolute atomic E-state index is 0.102. The molecule has 0 amide bonds. The number of anilines is 2. The van der Waals surface area contributed by atoms with E-state index >= 15 is 0 Å². The van der Waals surface area contributed by atoms with Gasteiger partial charge in [-0.25, -0.2) is 15.0 Å². The highest BCUT2D eigenvalue weighted by Crippen LogP contribution is 2.59. The molecule has 10 heteroatoms. The molecule has 1 aliphatic carbocycles. The summed E-state index contributed by atoms with van der Waals surface area (Å²) in [4.78, 5) is 16.4. The number of morpholine rings is 1. The molecule has 5 rings (SSSR count). The average Bonchev–Trinajstić information content (AvgIpc) is 3.60. The number of rotatable bonds is 5. The van der Waals surface area contributed by atoms with Gasteiger partial charge in [-0.2, -0.15) is 13.2 Å². The van der Waals surface area contributed by atoms with Crippen LogP contribution in [0.5, 0.6) is 0 Å². The Morgan fingerprint density at radius 3 is 2.42 bits per heavy atom. The number of benzene rings is 1. The number of hydrogen-bond donors (Lipinski definition) is 1. The molecule has 0 bridgehead atoms. The van der Waals surface area contributed by atoms with E-state index in [0.29, 0.717) is 32.3 Å². The van der Waals surface area contributed by atoms with Gasteiger partial charge >= 0.3 is 6.18 Å². The lowest BCUT2D eigenvalue weighted by Gasteiger charge is -2.28. The fourth-order valence-corrected chi connectivity index (χ4v) is 5.12. The fraction of sp³-hybridized carbons (Fsp3) is 0.348. The van der Waals surface area contributed by atoms with Crippen molar-refractivity contribution in [2.24, 2.45) is 0 Å². The molecule has 172 valence electrons. The molecule has 6 nitrogen and oxygen atoms in total. The summed E-state index contributed by atoms with van der Waals surface area (Å²) in [6.45, 7) is 2.19. The molecule has 1 saturated heterocycles. The Balaban J connectivity index is 1.62. The summed E-state index contributed by atoms with van der Waals surface area (Å²) in [5.74, 6) is 0.225. The molecule has 1 saturated carbocycles. The van der Waals surface area contributed by atoms with Gasteiger partial charge < -0.3 is 15.4 Å². The summed E-state index contributed by atoms with van der Waals surface area (Å²) in [5, 5.41) is 0. The molecule has 0 unspecified atom stereocenters. The Morgan fingerprint density at radius 2 is 1.76 bits per heavy atom. The maximum absolute atomic E-state index is 13.8. The molecule has 2 aliphatic rings. The van der Waals surface area contributed by atoms with Crippen LogP contribution in [0, 0.1) is 0 Å². The van der Waals surface area contributed by atoms with Crippen molar-refractivity contribution >= 4 is 23.5 Å². The summed E-state index contributed by atoms with van der Waals surface area (Å²) in [7, 11) is 0. The first-order chi connectivity index (χ1) is 15.8. The van der Waals surface area contributed by atoms with Crippen LogP contribution in [-0.4, -0.2) is 41.3 Å². The number of aromatic nitrogens is 3. The molecule has 3 aromatic rings. The van der Waals surface area contributed by atoms with Gasteiger partial charge in [0.2, 0.25) is 5.95 Å². The first kappa shape index (κ1) is 22.0. The highest BCUT2D eigenvalue weighted by molar-refractivity contribution is 8.00. The van der Waals surface area contributed by atoms with Crippen LogP contribution in [0.2, 0.25) is 0 Å². The number of pyridine rings is 1. The van der Waals surface area contributed by atoms with E-state index in [0.717, 1.165) is 35.7 Å². The third-order valence-electron chi connectivity index (χ3n) is 5.74. The number of ether oxygens (including phenoxy) is 1. The second-order valence-electron chi connectivity index (χ2n) is 8.10. The lowest BCUT2D eigenvalue weighted by molar-refractivity contribution is -0.137. The van der Waals surface area contributed by atoms with E-state index in [1.54, 1.807) is 17.8 Å². The Bertz CT molecular complexity index is 1150. The van der Waals surface area contributed by atoms with Crippen LogP contribution in [0.1, 0.15) is 24.1 Å². The van der Waals surface area contributed by atoms with E-state index in [1.165, 1.54) is 0 Å². The van der Waals surface area contributed by atoms with Crippen LogP contribution in [0.3, 0.4) is 0 Å². The van der Waals surface area contributed by atoms with Gasteiger partial charge in [0, 0.05) is 29.7 Å². The van der Waals surface area contributed by atoms with Gasteiger partial charge in [0.1, 0.15) is 5.82 Å². The number of nitrogens with two attached hydrogens (primary N) is 1. The van der Waals surface area contributed by atoms with Crippen LogP contribution < -0.4 is 10.6 Å². The van der Waals surface area contributed by atoms with Crippen molar-refractivity contribution in [2.45, 2.75) is 28.7 Å². The molecule has 0 spiro atoms. The summed E-state index contributed by atoms with van der Waals surface area (Å²) >= 11 is 1.69. The Morgan fingerprint density at radius 1 is 1.03 bits per heavy atom. The van der Waals surface area contributed by atoms with Gasteiger partial charge in [-0.05, 0) is 37.1 Å². The molecule has 2 N–H and O–H groups in total. The Kier molecular flexibility index (Phi) is 5.65. The molecule has 1 aliphatic heterocycles. The van der Waals surface area contributed by atoms with Crippen molar-refractivity contribution < 1.29 is 17.9 Å². The summed E-state index contributed by atoms with van der Waals surface area (Å²) in [6, 6.07) is 12.5. The zero-order valence-corrected chi connectivity index (χ0v) is 18.5. The minimum Gasteiger partial charge on any atom is -0.384 e. The van der Waals surface area contributed by atoms with Crippen molar-refractivity contribution in [1.29, 1.82) is 0 Å². The number of thioether (sulfide) groups is 1. The van der Waals surface area contributed by atoms with Gasteiger partial charge in [-0.3, -0.25) is 0 Å². The Labute approximate surface area is 193 Å². The number of hydrogen-bond acceptors (Lipinski definition) is 7. The third-order valence-corrected chi connectivity index (χ3v) is 7.26. The SMILES string of the molecule is Nc1cc(C(F)(F)F)c(-c2cc(C3(Sc4ccccc4)CC3)nc(N3CCOCC3)n2)cn1. The second-order valence-corrected chi connectivity index (χ2v) is 9.56. The van der Waals surface area contributed by atoms with E-state index < -0.39 is 11.7 Å². The molecule has 2 aromatic heterocycles. The van der Waals surface area contributed by atoms with Gasteiger partial charge in [0.05, 0.1) is 34.9 Å². The summed E-state index contributed by atoms with van der Waals surface area (Å²) in [6.07, 6.45) is -1.67. The summed E-state index contributed by atoms with van der Waals surface area (Å²) in [5.41, 5.74) is 5.54. The molecule has 0 radical (unpaired) electrons.